The molecule has 1 unspecified atom stereocenters. The molecule has 1 aliphatic rings. The number of halogens is 1. The van der Waals surface area contributed by atoms with Gasteiger partial charge in [0.2, 0.25) is 0 Å². The van der Waals surface area contributed by atoms with Crippen LogP contribution in [0, 0.1) is 11.2 Å². The van der Waals surface area contributed by atoms with Crippen molar-refractivity contribution < 1.29 is 19.4 Å². The molecule has 0 amide bonds. The number of likely N-dealkylation sites (tertiary alicyclic amines) is 1. The van der Waals surface area contributed by atoms with Gasteiger partial charge in [-0.1, -0.05) is 13.3 Å². The predicted molar refractivity (Wildman–Crippen MR) is 72.9 cm³/mol. The molecule has 4 nitrogen and oxygen atoms in total. The Hall–Kier alpha value is -1.62. The third-order valence-corrected chi connectivity index (χ3v) is 4.05. The van der Waals surface area contributed by atoms with Gasteiger partial charge in [0.1, 0.15) is 11.6 Å². The Bertz CT molecular complexity index is 506. The Morgan fingerprint density at radius 1 is 1.50 bits per heavy atom. The van der Waals surface area contributed by atoms with Gasteiger partial charge in [0.05, 0.1) is 5.41 Å². The molecule has 110 valence electrons. The van der Waals surface area contributed by atoms with Crippen molar-refractivity contribution >= 4 is 5.97 Å². The van der Waals surface area contributed by atoms with Gasteiger partial charge in [0.15, 0.2) is 0 Å². The lowest BCUT2D eigenvalue weighted by Crippen LogP contribution is -2.34. The number of hydrogen-bond donors (Lipinski definition) is 2. The molecule has 1 atom stereocenters. The number of nitrogens with zero attached hydrogens (tertiary/aromatic N) is 1. The van der Waals surface area contributed by atoms with Crippen molar-refractivity contribution in [1.29, 1.82) is 0 Å². The van der Waals surface area contributed by atoms with Crippen LogP contribution in [0.1, 0.15) is 31.7 Å². The van der Waals surface area contributed by atoms with Crippen molar-refractivity contribution in [3.63, 3.8) is 0 Å². The predicted octanol–water partition coefficient (Wildman–Crippen LogP) is 2.61. The zero-order valence-electron chi connectivity index (χ0n) is 11.6. The van der Waals surface area contributed by atoms with Gasteiger partial charge in [-0.15, -0.1) is 0 Å². The van der Waals surface area contributed by atoms with Crippen LogP contribution in [0.3, 0.4) is 0 Å². The van der Waals surface area contributed by atoms with Crippen LogP contribution in [-0.4, -0.2) is 34.2 Å². The molecule has 5 heteroatoms. The number of aliphatic carboxylic acids is 1. The highest BCUT2D eigenvalue weighted by molar-refractivity contribution is 5.75. The summed E-state index contributed by atoms with van der Waals surface area (Å²) < 4.78 is 13.2. The Morgan fingerprint density at radius 2 is 2.25 bits per heavy atom. The normalized spacial score (nSPS) is 23.1. The van der Waals surface area contributed by atoms with Gasteiger partial charge in [-0.25, -0.2) is 4.39 Å². The molecule has 0 aromatic heterocycles. The van der Waals surface area contributed by atoms with Crippen LogP contribution >= 0.6 is 0 Å². The van der Waals surface area contributed by atoms with Crippen LogP contribution in [0.2, 0.25) is 0 Å². The van der Waals surface area contributed by atoms with Gasteiger partial charge in [0, 0.05) is 18.7 Å². The van der Waals surface area contributed by atoms with E-state index in [1.54, 1.807) is 0 Å². The zero-order valence-corrected chi connectivity index (χ0v) is 11.6. The lowest BCUT2D eigenvalue weighted by atomic mass is 9.83. The standard InChI is InChI=1S/C15H20FNO3/c1-2-5-15(14(19)20)6-7-17(10-15)9-11-8-12(16)3-4-13(11)18/h3-4,8,18H,2,5-7,9-10H2,1H3,(H,19,20). The summed E-state index contributed by atoms with van der Waals surface area (Å²) in [6.45, 7) is 3.46. The largest absolute Gasteiger partial charge is 0.508 e. The number of rotatable bonds is 5. The minimum atomic E-state index is -0.759. The number of carboxylic acid groups (broad SMARTS) is 1. The molecule has 0 aliphatic carbocycles. The minimum absolute atomic E-state index is 0.0507. The molecule has 0 radical (unpaired) electrons. The highest BCUT2D eigenvalue weighted by Crippen LogP contribution is 2.36. The van der Waals surface area contributed by atoms with Crippen LogP contribution in [0.15, 0.2) is 18.2 Å². The molecule has 1 aliphatic heterocycles. The lowest BCUT2D eigenvalue weighted by Gasteiger charge is -2.24. The highest BCUT2D eigenvalue weighted by atomic mass is 19.1. The fourth-order valence-corrected chi connectivity index (χ4v) is 2.98. The molecule has 1 heterocycles. The van der Waals surface area contributed by atoms with Gasteiger partial charge in [-0.05, 0) is 37.6 Å². The summed E-state index contributed by atoms with van der Waals surface area (Å²) in [6.07, 6.45) is 2.07. The zero-order chi connectivity index (χ0) is 14.8. The van der Waals surface area contributed by atoms with Crippen molar-refractivity contribution in [3.8, 4) is 5.75 Å². The van der Waals surface area contributed by atoms with E-state index in [0.29, 0.717) is 38.0 Å². The third kappa shape index (κ3) is 2.93. The average molecular weight is 281 g/mol. The van der Waals surface area contributed by atoms with Crippen molar-refractivity contribution in [2.75, 3.05) is 13.1 Å². The van der Waals surface area contributed by atoms with Crippen molar-refractivity contribution in [3.05, 3.63) is 29.6 Å². The summed E-state index contributed by atoms with van der Waals surface area (Å²) in [5.74, 6) is -1.10. The number of benzene rings is 1. The molecular formula is C15H20FNO3. The number of phenolic OH excluding ortho intramolecular Hbond substituents is 1. The number of carboxylic acids is 1. The first-order valence-electron chi connectivity index (χ1n) is 6.90. The van der Waals surface area contributed by atoms with Gasteiger partial charge in [0.25, 0.3) is 0 Å². The second-order valence-electron chi connectivity index (χ2n) is 5.57. The molecule has 2 N–H and O–H groups in total. The first kappa shape index (κ1) is 14.8. The quantitative estimate of drug-likeness (QED) is 0.871. The lowest BCUT2D eigenvalue weighted by molar-refractivity contribution is -0.148. The molecule has 0 bridgehead atoms. The van der Waals surface area contributed by atoms with E-state index in [9.17, 15) is 19.4 Å². The molecule has 0 spiro atoms. The number of hydrogen-bond acceptors (Lipinski definition) is 3. The van der Waals surface area contributed by atoms with E-state index in [1.165, 1.54) is 18.2 Å². The molecule has 20 heavy (non-hydrogen) atoms. The molecule has 0 saturated carbocycles. The summed E-state index contributed by atoms with van der Waals surface area (Å²) >= 11 is 0. The van der Waals surface area contributed by atoms with Crippen molar-refractivity contribution in [1.82, 2.24) is 4.90 Å². The third-order valence-electron chi connectivity index (χ3n) is 4.05. The van der Waals surface area contributed by atoms with Crippen LogP contribution in [0.4, 0.5) is 4.39 Å². The topological polar surface area (TPSA) is 60.8 Å². The van der Waals surface area contributed by atoms with E-state index in [-0.39, 0.29) is 5.75 Å². The van der Waals surface area contributed by atoms with E-state index < -0.39 is 17.2 Å². The van der Waals surface area contributed by atoms with Crippen molar-refractivity contribution in [2.24, 2.45) is 5.41 Å². The number of phenols is 1. The average Bonchev–Trinajstić information content (AvgIpc) is 2.79. The van der Waals surface area contributed by atoms with Crippen LogP contribution < -0.4 is 0 Å². The number of aromatic hydroxyl groups is 1. The molecule has 1 aromatic rings. The Labute approximate surface area is 117 Å². The van der Waals surface area contributed by atoms with E-state index in [1.807, 2.05) is 11.8 Å². The van der Waals surface area contributed by atoms with E-state index >= 15 is 0 Å². The molecule has 1 fully saturated rings. The Morgan fingerprint density at radius 3 is 2.90 bits per heavy atom. The summed E-state index contributed by atoms with van der Waals surface area (Å²) in [4.78, 5) is 13.5. The second-order valence-corrected chi connectivity index (χ2v) is 5.57. The van der Waals surface area contributed by atoms with Crippen LogP contribution in [0.5, 0.6) is 5.75 Å². The maximum Gasteiger partial charge on any atom is 0.310 e. The minimum Gasteiger partial charge on any atom is -0.508 e. The van der Waals surface area contributed by atoms with Crippen LogP contribution in [0.25, 0.3) is 0 Å². The maximum atomic E-state index is 13.2. The van der Waals surface area contributed by atoms with Gasteiger partial charge in [-0.2, -0.15) is 0 Å². The monoisotopic (exact) mass is 281 g/mol. The number of carbonyl (C=O) groups is 1. The van der Waals surface area contributed by atoms with Gasteiger partial charge < -0.3 is 10.2 Å². The highest BCUT2D eigenvalue weighted by Gasteiger charge is 2.43. The van der Waals surface area contributed by atoms with E-state index in [4.69, 9.17) is 0 Å². The maximum absolute atomic E-state index is 13.2. The summed E-state index contributed by atoms with van der Waals surface area (Å²) in [7, 11) is 0. The molecule has 1 saturated heterocycles. The fourth-order valence-electron chi connectivity index (χ4n) is 2.98. The molecule has 1 aromatic carbocycles. The van der Waals surface area contributed by atoms with E-state index in [0.717, 1.165) is 6.42 Å². The SMILES string of the molecule is CCCC1(C(=O)O)CCN(Cc2cc(F)ccc2O)C1. The first-order valence-corrected chi connectivity index (χ1v) is 6.90. The summed E-state index contributed by atoms with van der Waals surface area (Å²) in [6, 6.07) is 3.84. The van der Waals surface area contributed by atoms with Crippen molar-refractivity contribution in [2.45, 2.75) is 32.7 Å². The second kappa shape index (κ2) is 5.79. The summed E-state index contributed by atoms with van der Waals surface area (Å²) in [5, 5.41) is 19.2. The van der Waals surface area contributed by atoms with Crippen LogP contribution in [-0.2, 0) is 11.3 Å². The van der Waals surface area contributed by atoms with Gasteiger partial charge in [-0.3, -0.25) is 9.69 Å². The Kier molecular flexibility index (Phi) is 4.28. The van der Waals surface area contributed by atoms with E-state index in [2.05, 4.69) is 0 Å². The molecule has 2 rings (SSSR count). The van der Waals surface area contributed by atoms with Gasteiger partial charge >= 0.3 is 5.97 Å². The Balaban J connectivity index is 2.09. The summed E-state index contributed by atoms with van der Waals surface area (Å²) in [5.41, 5.74) is -0.194. The molecular weight excluding hydrogens is 261 g/mol. The fraction of sp³-hybridized carbons (Fsp3) is 0.533. The smallest absolute Gasteiger partial charge is 0.310 e. The first-order chi connectivity index (χ1) is 9.47.